The summed E-state index contributed by atoms with van der Waals surface area (Å²) in [7, 11) is 0. The summed E-state index contributed by atoms with van der Waals surface area (Å²) in [5.74, 6) is 0.798. The molecular formula is C16H13NO. The van der Waals surface area contributed by atoms with Gasteiger partial charge in [0.25, 0.3) is 0 Å². The molecule has 0 fully saturated rings. The molecule has 0 unspecified atom stereocenters. The molecule has 0 saturated carbocycles. The predicted octanol–water partition coefficient (Wildman–Crippen LogP) is 4.32. The summed E-state index contributed by atoms with van der Waals surface area (Å²) in [5, 5.41) is 4.13. The van der Waals surface area contributed by atoms with Gasteiger partial charge in [-0.15, -0.1) is 0 Å². The third-order valence-corrected chi connectivity index (χ3v) is 2.88. The molecule has 1 heterocycles. The summed E-state index contributed by atoms with van der Waals surface area (Å²) in [5.41, 5.74) is 4.22. The zero-order valence-corrected chi connectivity index (χ0v) is 10.1. The Labute approximate surface area is 106 Å². The van der Waals surface area contributed by atoms with Crippen molar-refractivity contribution in [2.75, 3.05) is 0 Å². The number of nitrogens with zero attached hydrogens (tertiary/aromatic N) is 1. The highest BCUT2D eigenvalue weighted by Gasteiger charge is 2.07. The van der Waals surface area contributed by atoms with Crippen molar-refractivity contribution < 1.29 is 4.52 Å². The minimum absolute atomic E-state index is 0.798. The standard InChI is InChI=1S/C16H13NO/c1-12-6-5-9-14(10-12)15-11-16(18-17-15)13-7-3-2-4-8-13/h2-11H,1H3. The lowest BCUT2D eigenvalue weighted by molar-refractivity contribution is 0.435. The fraction of sp³-hybridized carbons (Fsp3) is 0.0625. The van der Waals surface area contributed by atoms with Gasteiger partial charge in [-0.05, 0) is 13.0 Å². The van der Waals surface area contributed by atoms with Crippen molar-refractivity contribution in [3.8, 4) is 22.6 Å². The monoisotopic (exact) mass is 235 g/mol. The first-order chi connectivity index (χ1) is 8.83. The first kappa shape index (κ1) is 10.8. The molecule has 3 aromatic rings. The summed E-state index contributed by atoms with van der Waals surface area (Å²) in [6, 6.07) is 20.2. The topological polar surface area (TPSA) is 26.0 Å². The van der Waals surface area contributed by atoms with Crippen LogP contribution in [0.2, 0.25) is 0 Å². The first-order valence-corrected chi connectivity index (χ1v) is 5.92. The highest BCUT2D eigenvalue weighted by Crippen LogP contribution is 2.26. The maximum atomic E-state index is 5.39. The largest absolute Gasteiger partial charge is 0.356 e. The molecule has 0 aliphatic carbocycles. The van der Waals surface area contributed by atoms with E-state index in [4.69, 9.17) is 4.52 Å². The summed E-state index contributed by atoms with van der Waals surface area (Å²) in [6.07, 6.45) is 0. The molecule has 0 aliphatic heterocycles. The first-order valence-electron chi connectivity index (χ1n) is 5.92. The van der Waals surface area contributed by atoms with E-state index >= 15 is 0 Å². The second-order valence-corrected chi connectivity index (χ2v) is 4.31. The molecule has 18 heavy (non-hydrogen) atoms. The molecule has 2 nitrogen and oxygen atoms in total. The molecule has 0 saturated heterocycles. The Balaban J connectivity index is 2.00. The number of hydrogen-bond acceptors (Lipinski definition) is 2. The molecule has 1 aromatic heterocycles. The van der Waals surface area contributed by atoms with Crippen LogP contribution >= 0.6 is 0 Å². The number of hydrogen-bond donors (Lipinski definition) is 0. The zero-order valence-electron chi connectivity index (χ0n) is 10.1. The van der Waals surface area contributed by atoms with E-state index < -0.39 is 0 Å². The van der Waals surface area contributed by atoms with Gasteiger partial charge in [-0.25, -0.2) is 0 Å². The van der Waals surface area contributed by atoms with Crippen molar-refractivity contribution in [1.82, 2.24) is 5.16 Å². The molecule has 2 heteroatoms. The molecular weight excluding hydrogens is 222 g/mol. The summed E-state index contributed by atoms with van der Waals surface area (Å²) in [4.78, 5) is 0. The van der Waals surface area contributed by atoms with Crippen molar-refractivity contribution in [2.45, 2.75) is 6.92 Å². The lowest BCUT2D eigenvalue weighted by Gasteiger charge is -1.96. The van der Waals surface area contributed by atoms with E-state index in [1.807, 2.05) is 48.5 Å². The lowest BCUT2D eigenvalue weighted by Crippen LogP contribution is -1.77. The van der Waals surface area contributed by atoms with E-state index in [9.17, 15) is 0 Å². The van der Waals surface area contributed by atoms with Crippen LogP contribution in [0.15, 0.2) is 65.2 Å². The van der Waals surface area contributed by atoms with Crippen molar-refractivity contribution in [3.63, 3.8) is 0 Å². The Morgan fingerprint density at radius 1 is 0.833 bits per heavy atom. The van der Waals surface area contributed by atoms with Crippen molar-refractivity contribution in [3.05, 3.63) is 66.2 Å². The van der Waals surface area contributed by atoms with Crippen molar-refractivity contribution >= 4 is 0 Å². The average molecular weight is 235 g/mol. The van der Waals surface area contributed by atoms with Gasteiger partial charge in [0.2, 0.25) is 0 Å². The van der Waals surface area contributed by atoms with Crippen molar-refractivity contribution in [1.29, 1.82) is 0 Å². The second kappa shape index (κ2) is 4.49. The SMILES string of the molecule is Cc1cccc(-c2cc(-c3ccccc3)on2)c1. The molecule has 2 aromatic carbocycles. The number of aromatic nitrogens is 1. The number of aryl methyl sites for hydroxylation is 1. The van der Waals surface area contributed by atoms with E-state index in [0.717, 1.165) is 22.6 Å². The molecule has 0 radical (unpaired) electrons. The van der Waals surface area contributed by atoms with Crippen LogP contribution < -0.4 is 0 Å². The van der Waals surface area contributed by atoms with Crippen LogP contribution in [0.25, 0.3) is 22.6 Å². The van der Waals surface area contributed by atoms with Gasteiger partial charge in [-0.3, -0.25) is 0 Å². The van der Waals surface area contributed by atoms with E-state index in [0.29, 0.717) is 0 Å². The van der Waals surface area contributed by atoms with E-state index in [-0.39, 0.29) is 0 Å². The van der Waals surface area contributed by atoms with Gasteiger partial charge in [-0.1, -0.05) is 59.3 Å². The van der Waals surface area contributed by atoms with Gasteiger partial charge >= 0.3 is 0 Å². The molecule has 88 valence electrons. The maximum absolute atomic E-state index is 5.39. The van der Waals surface area contributed by atoms with Crippen LogP contribution in [0.1, 0.15) is 5.56 Å². The average Bonchev–Trinajstić information content (AvgIpc) is 2.89. The molecule has 0 aliphatic rings. The minimum Gasteiger partial charge on any atom is -0.356 e. The third-order valence-electron chi connectivity index (χ3n) is 2.88. The van der Waals surface area contributed by atoms with Gasteiger partial charge < -0.3 is 4.52 Å². The molecule has 0 N–H and O–H groups in total. The number of rotatable bonds is 2. The van der Waals surface area contributed by atoms with Gasteiger partial charge in [0.15, 0.2) is 5.76 Å². The van der Waals surface area contributed by atoms with Gasteiger partial charge in [0.05, 0.1) is 0 Å². The second-order valence-electron chi connectivity index (χ2n) is 4.31. The Bertz CT molecular complexity index is 656. The highest BCUT2D eigenvalue weighted by molar-refractivity contribution is 5.66. The minimum atomic E-state index is 0.798. The molecule has 0 atom stereocenters. The smallest absolute Gasteiger partial charge is 0.167 e. The highest BCUT2D eigenvalue weighted by atomic mass is 16.5. The predicted molar refractivity (Wildman–Crippen MR) is 72.1 cm³/mol. The maximum Gasteiger partial charge on any atom is 0.167 e. The van der Waals surface area contributed by atoms with Gasteiger partial charge in [0.1, 0.15) is 5.69 Å². The molecule has 0 bridgehead atoms. The molecule has 0 spiro atoms. The van der Waals surface area contributed by atoms with E-state index in [1.54, 1.807) is 0 Å². The van der Waals surface area contributed by atoms with Crippen molar-refractivity contribution in [2.24, 2.45) is 0 Å². The quantitative estimate of drug-likeness (QED) is 0.661. The van der Waals surface area contributed by atoms with E-state index in [1.165, 1.54) is 5.56 Å². The van der Waals surface area contributed by atoms with Crippen LogP contribution in [0.3, 0.4) is 0 Å². The fourth-order valence-electron chi connectivity index (χ4n) is 1.95. The van der Waals surface area contributed by atoms with Gasteiger partial charge in [-0.2, -0.15) is 0 Å². The van der Waals surface area contributed by atoms with Crippen LogP contribution in [-0.2, 0) is 0 Å². The molecule has 0 amide bonds. The Hall–Kier alpha value is -2.35. The van der Waals surface area contributed by atoms with Crippen LogP contribution in [0, 0.1) is 6.92 Å². The molecule has 3 rings (SSSR count). The van der Waals surface area contributed by atoms with Crippen LogP contribution in [0.4, 0.5) is 0 Å². The normalized spacial score (nSPS) is 10.5. The summed E-state index contributed by atoms with van der Waals surface area (Å²) >= 11 is 0. The Kier molecular flexibility index (Phi) is 2.69. The number of benzene rings is 2. The third kappa shape index (κ3) is 2.05. The summed E-state index contributed by atoms with van der Waals surface area (Å²) in [6.45, 7) is 2.07. The van der Waals surface area contributed by atoms with Crippen LogP contribution in [0.5, 0.6) is 0 Å². The zero-order chi connectivity index (χ0) is 12.4. The Morgan fingerprint density at radius 2 is 1.61 bits per heavy atom. The summed E-state index contributed by atoms with van der Waals surface area (Å²) < 4.78 is 5.39. The van der Waals surface area contributed by atoms with Gasteiger partial charge in [0, 0.05) is 17.2 Å². The fourth-order valence-corrected chi connectivity index (χ4v) is 1.95. The van der Waals surface area contributed by atoms with Crippen LogP contribution in [-0.4, -0.2) is 5.16 Å². The Morgan fingerprint density at radius 3 is 2.39 bits per heavy atom. The van der Waals surface area contributed by atoms with E-state index in [2.05, 4.69) is 24.2 Å². The lowest BCUT2D eigenvalue weighted by atomic mass is 10.1.